The van der Waals surface area contributed by atoms with E-state index in [-0.39, 0.29) is 5.92 Å². The zero-order valence-electron chi connectivity index (χ0n) is 14.2. The first-order valence-electron chi connectivity index (χ1n) is 7.80. The molecule has 0 N–H and O–H groups in total. The van der Waals surface area contributed by atoms with Crippen molar-refractivity contribution in [2.75, 3.05) is 13.7 Å². The van der Waals surface area contributed by atoms with Crippen LogP contribution in [0, 0.1) is 32.1 Å². The van der Waals surface area contributed by atoms with Crippen LogP contribution in [-0.2, 0) is 0 Å². The van der Waals surface area contributed by atoms with Gasteiger partial charge in [-0.25, -0.2) is 0 Å². The second-order valence-corrected chi connectivity index (χ2v) is 5.78. The van der Waals surface area contributed by atoms with Gasteiger partial charge in [0.2, 0.25) is 0 Å². The van der Waals surface area contributed by atoms with Gasteiger partial charge in [-0.15, -0.1) is 0 Å². The summed E-state index contributed by atoms with van der Waals surface area (Å²) >= 11 is 0. The lowest BCUT2D eigenvalue weighted by atomic mass is 9.88. The van der Waals surface area contributed by atoms with Crippen LogP contribution in [0.4, 0.5) is 0 Å². The standard InChI is InChI=1S/C20H23NO2/c1-14-11-15(2)20(16(3)12-14)17(13-21)9-10-23-19-8-6-5-7-18(19)22-4/h5-8,11-12,17H,9-10H2,1-4H3. The van der Waals surface area contributed by atoms with E-state index in [0.29, 0.717) is 24.5 Å². The maximum Gasteiger partial charge on any atom is 0.161 e. The topological polar surface area (TPSA) is 42.2 Å². The number of rotatable bonds is 6. The third kappa shape index (κ3) is 4.04. The van der Waals surface area contributed by atoms with Crippen LogP contribution in [0.1, 0.15) is 34.6 Å². The molecule has 0 spiro atoms. The van der Waals surface area contributed by atoms with Crippen molar-refractivity contribution in [3.63, 3.8) is 0 Å². The molecule has 3 heteroatoms. The SMILES string of the molecule is COc1ccccc1OCCC(C#N)c1c(C)cc(C)cc1C. The van der Waals surface area contributed by atoms with Crippen LogP contribution in [-0.4, -0.2) is 13.7 Å². The molecule has 0 aliphatic heterocycles. The second kappa shape index (κ2) is 7.69. The van der Waals surface area contributed by atoms with Crippen molar-refractivity contribution in [1.82, 2.24) is 0 Å². The molecular formula is C20H23NO2. The van der Waals surface area contributed by atoms with E-state index in [1.54, 1.807) is 7.11 Å². The highest BCUT2D eigenvalue weighted by molar-refractivity contribution is 5.42. The monoisotopic (exact) mass is 309 g/mol. The molecule has 0 aliphatic rings. The zero-order valence-corrected chi connectivity index (χ0v) is 14.2. The fraction of sp³-hybridized carbons (Fsp3) is 0.350. The van der Waals surface area contributed by atoms with Gasteiger partial charge in [-0.1, -0.05) is 29.8 Å². The number of hydrogen-bond donors (Lipinski definition) is 0. The Balaban J connectivity index is 2.08. The third-order valence-electron chi connectivity index (χ3n) is 3.98. The van der Waals surface area contributed by atoms with E-state index in [1.807, 2.05) is 24.3 Å². The largest absolute Gasteiger partial charge is 0.493 e. The highest BCUT2D eigenvalue weighted by Crippen LogP contribution is 2.29. The first-order chi connectivity index (χ1) is 11.1. The Labute approximate surface area is 138 Å². The highest BCUT2D eigenvalue weighted by atomic mass is 16.5. The van der Waals surface area contributed by atoms with E-state index in [9.17, 15) is 5.26 Å². The second-order valence-electron chi connectivity index (χ2n) is 5.78. The van der Waals surface area contributed by atoms with E-state index in [1.165, 1.54) is 16.7 Å². The predicted octanol–water partition coefficient (Wildman–Crippen LogP) is 4.70. The van der Waals surface area contributed by atoms with Gasteiger partial charge in [-0.3, -0.25) is 0 Å². The van der Waals surface area contributed by atoms with Crippen LogP contribution in [0.5, 0.6) is 11.5 Å². The van der Waals surface area contributed by atoms with Gasteiger partial charge in [0, 0.05) is 6.42 Å². The molecule has 0 saturated carbocycles. The fourth-order valence-electron chi connectivity index (χ4n) is 3.04. The van der Waals surface area contributed by atoms with E-state index in [0.717, 1.165) is 5.56 Å². The molecular weight excluding hydrogens is 286 g/mol. The Morgan fingerprint density at radius 1 is 1.04 bits per heavy atom. The Morgan fingerprint density at radius 3 is 2.22 bits per heavy atom. The molecule has 0 bridgehead atoms. The van der Waals surface area contributed by atoms with E-state index in [2.05, 4.69) is 39.0 Å². The summed E-state index contributed by atoms with van der Waals surface area (Å²) < 4.78 is 11.1. The van der Waals surface area contributed by atoms with Crippen LogP contribution in [0.3, 0.4) is 0 Å². The molecule has 0 radical (unpaired) electrons. The summed E-state index contributed by atoms with van der Waals surface area (Å²) in [5.74, 6) is 1.26. The van der Waals surface area contributed by atoms with Gasteiger partial charge >= 0.3 is 0 Å². The first kappa shape index (κ1) is 16.9. The normalized spacial score (nSPS) is 11.6. The van der Waals surface area contributed by atoms with E-state index >= 15 is 0 Å². The summed E-state index contributed by atoms with van der Waals surface area (Å²) in [5, 5.41) is 9.57. The molecule has 3 nitrogen and oxygen atoms in total. The van der Waals surface area contributed by atoms with Gasteiger partial charge in [0.25, 0.3) is 0 Å². The minimum absolute atomic E-state index is 0.162. The molecule has 23 heavy (non-hydrogen) atoms. The lowest BCUT2D eigenvalue weighted by molar-refractivity contribution is 0.285. The van der Waals surface area contributed by atoms with E-state index < -0.39 is 0 Å². The van der Waals surface area contributed by atoms with Gasteiger partial charge in [-0.2, -0.15) is 5.26 Å². The summed E-state index contributed by atoms with van der Waals surface area (Å²) in [6.07, 6.45) is 0.652. The molecule has 0 heterocycles. The van der Waals surface area contributed by atoms with Crippen molar-refractivity contribution in [3.05, 3.63) is 58.7 Å². The van der Waals surface area contributed by atoms with Crippen LogP contribution in [0.15, 0.2) is 36.4 Å². The number of ether oxygens (including phenoxy) is 2. The first-order valence-corrected chi connectivity index (χ1v) is 7.80. The molecule has 120 valence electrons. The Morgan fingerprint density at radius 2 is 1.65 bits per heavy atom. The van der Waals surface area contributed by atoms with Crippen molar-refractivity contribution in [2.24, 2.45) is 0 Å². The van der Waals surface area contributed by atoms with Crippen molar-refractivity contribution in [2.45, 2.75) is 33.1 Å². The Hall–Kier alpha value is -2.47. The maximum atomic E-state index is 9.57. The summed E-state index contributed by atoms with van der Waals surface area (Å²) in [6.45, 7) is 6.70. The summed E-state index contributed by atoms with van der Waals surface area (Å²) in [7, 11) is 1.62. The molecule has 0 saturated heterocycles. The average molecular weight is 309 g/mol. The molecule has 2 aromatic carbocycles. The smallest absolute Gasteiger partial charge is 0.161 e. The molecule has 0 aromatic heterocycles. The molecule has 1 unspecified atom stereocenters. The molecule has 2 aromatic rings. The summed E-state index contributed by atoms with van der Waals surface area (Å²) in [6, 6.07) is 14.2. The fourth-order valence-corrected chi connectivity index (χ4v) is 3.04. The van der Waals surface area contributed by atoms with Crippen LogP contribution in [0.25, 0.3) is 0 Å². The third-order valence-corrected chi connectivity index (χ3v) is 3.98. The predicted molar refractivity (Wildman–Crippen MR) is 92.1 cm³/mol. The Bertz CT molecular complexity index is 693. The van der Waals surface area contributed by atoms with Gasteiger partial charge in [0.1, 0.15) is 0 Å². The molecule has 1 atom stereocenters. The average Bonchev–Trinajstić information content (AvgIpc) is 2.52. The lowest BCUT2D eigenvalue weighted by Crippen LogP contribution is -2.08. The number of benzene rings is 2. The van der Waals surface area contributed by atoms with Crippen molar-refractivity contribution < 1.29 is 9.47 Å². The zero-order chi connectivity index (χ0) is 16.8. The molecule has 0 fully saturated rings. The number of hydrogen-bond acceptors (Lipinski definition) is 3. The van der Waals surface area contributed by atoms with Crippen molar-refractivity contribution >= 4 is 0 Å². The minimum Gasteiger partial charge on any atom is -0.493 e. The number of aryl methyl sites for hydroxylation is 3. The van der Waals surface area contributed by atoms with Crippen LogP contribution in [0.2, 0.25) is 0 Å². The van der Waals surface area contributed by atoms with Gasteiger partial charge < -0.3 is 9.47 Å². The number of nitriles is 1. The van der Waals surface area contributed by atoms with E-state index in [4.69, 9.17) is 9.47 Å². The van der Waals surface area contributed by atoms with Gasteiger partial charge in [-0.05, 0) is 49.6 Å². The minimum atomic E-state index is -0.162. The van der Waals surface area contributed by atoms with Crippen LogP contribution < -0.4 is 9.47 Å². The number of nitrogens with zero attached hydrogens (tertiary/aromatic N) is 1. The van der Waals surface area contributed by atoms with Crippen LogP contribution >= 0.6 is 0 Å². The number of para-hydroxylation sites is 2. The highest BCUT2D eigenvalue weighted by Gasteiger charge is 2.16. The number of methoxy groups -OCH3 is 1. The molecule has 0 aliphatic carbocycles. The Kier molecular flexibility index (Phi) is 5.65. The van der Waals surface area contributed by atoms with Gasteiger partial charge in [0.05, 0.1) is 25.7 Å². The maximum absolute atomic E-state index is 9.57. The lowest BCUT2D eigenvalue weighted by Gasteiger charge is -2.17. The summed E-state index contributed by atoms with van der Waals surface area (Å²) in [4.78, 5) is 0. The van der Waals surface area contributed by atoms with Crippen molar-refractivity contribution in [1.29, 1.82) is 5.26 Å². The van der Waals surface area contributed by atoms with Gasteiger partial charge in [0.15, 0.2) is 11.5 Å². The quantitative estimate of drug-likeness (QED) is 0.777. The van der Waals surface area contributed by atoms with Crippen molar-refractivity contribution in [3.8, 4) is 17.6 Å². The molecule has 2 rings (SSSR count). The molecule has 0 amide bonds. The summed E-state index contributed by atoms with van der Waals surface area (Å²) in [5.41, 5.74) is 4.70.